The number of hydrogen-bond donors (Lipinski definition) is 1. The monoisotopic (exact) mass is 297 g/mol. The average molecular weight is 297 g/mol. The summed E-state index contributed by atoms with van der Waals surface area (Å²) in [5.74, 6) is 1.17. The number of carbonyl (C=O) groups is 1. The summed E-state index contributed by atoms with van der Waals surface area (Å²) in [6, 6.07) is 13.1. The highest BCUT2D eigenvalue weighted by atomic mass is 16.5. The van der Waals surface area contributed by atoms with Gasteiger partial charge in [-0.05, 0) is 42.8 Å². The zero-order chi connectivity index (χ0) is 15.9. The Morgan fingerprint density at radius 1 is 1.00 bits per heavy atom. The number of benzene rings is 2. The first-order chi connectivity index (χ1) is 10.6. The van der Waals surface area contributed by atoms with Crippen LogP contribution in [0.1, 0.15) is 11.1 Å². The van der Waals surface area contributed by atoms with Crippen molar-refractivity contribution in [2.75, 3.05) is 19.5 Å². The Morgan fingerprint density at radius 2 is 1.59 bits per heavy atom. The van der Waals surface area contributed by atoms with Crippen LogP contribution in [0.25, 0.3) is 6.08 Å². The molecule has 0 aromatic heterocycles. The molecule has 0 radical (unpaired) electrons. The van der Waals surface area contributed by atoms with Gasteiger partial charge in [-0.3, -0.25) is 4.79 Å². The standard InChI is InChI=1S/C18H19NO3/c1-13-4-7-15(8-5-13)19-18(20)9-6-14-10-16(21-2)12-17(11-14)22-3/h4-12H,1-3H3,(H,19,20)/b9-6+. The maximum absolute atomic E-state index is 11.9. The Labute approximate surface area is 130 Å². The van der Waals surface area contributed by atoms with E-state index in [1.165, 1.54) is 6.08 Å². The van der Waals surface area contributed by atoms with E-state index in [-0.39, 0.29) is 5.91 Å². The van der Waals surface area contributed by atoms with Gasteiger partial charge in [-0.1, -0.05) is 17.7 Å². The van der Waals surface area contributed by atoms with E-state index >= 15 is 0 Å². The van der Waals surface area contributed by atoms with Gasteiger partial charge in [-0.15, -0.1) is 0 Å². The molecule has 114 valence electrons. The largest absolute Gasteiger partial charge is 0.497 e. The van der Waals surface area contributed by atoms with Gasteiger partial charge >= 0.3 is 0 Å². The molecule has 4 heteroatoms. The molecule has 2 rings (SSSR count). The number of anilines is 1. The van der Waals surface area contributed by atoms with Crippen LogP contribution in [0.15, 0.2) is 48.5 Å². The summed E-state index contributed by atoms with van der Waals surface area (Å²) in [5, 5.41) is 2.81. The van der Waals surface area contributed by atoms with Gasteiger partial charge < -0.3 is 14.8 Å². The molecule has 0 aliphatic rings. The second-order valence-corrected chi connectivity index (χ2v) is 4.83. The highest BCUT2D eigenvalue weighted by Crippen LogP contribution is 2.23. The van der Waals surface area contributed by atoms with Gasteiger partial charge in [0.1, 0.15) is 11.5 Å². The Kier molecular flexibility index (Phi) is 5.20. The van der Waals surface area contributed by atoms with Crippen LogP contribution in [0.3, 0.4) is 0 Å². The number of amides is 1. The van der Waals surface area contributed by atoms with E-state index in [9.17, 15) is 4.79 Å². The zero-order valence-corrected chi connectivity index (χ0v) is 12.9. The van der Waals surface area contributed by atoms with Crippen molar-refractivity contribution < 1.29 is 14.3 Å². The van der Waals surface area contributed by atoms with Crippen LogP contribution in [0.5, 0.6) is 11.5 Å². The predicted molar refractivity (Wildman–Crippen MR) is 88.4 cm³/mol. The number of rotatable bonds is 5. The van der Waals surface area contributed by atoms with Crippen LogP contribution in [-0.4, -0.2) is 20.1 Å². The Morgan fingerprint density at radius 3 is 2.14 bits per heavy atom. The van der Waals surface area contributed by atoms with Crippen LogP contribution in [-0.2, 0) is 4.79 Å². The van der Waals surface area contributed by atoms with E-state index in [2.05, 4.69) is 5.32 Å². The molecule has 0 unspecified atom stereocenters. The summed E-state index contributed by atoms with van der Waals surface area (Å²) in [5.41, 5.74) is 2.75. The topological polar surface area (TPSA) is 47.6 Å². The van der Waals surface area contributed by atoms with E-state index < -0.39 is 0 Å². The fraction of sp³-hybridized carbons (Fsp3) is 0.167. The van der Waals surface area contributed by atoms with Crippen molar-refractivity contribution in [3.8, 4) is 11.5 Å². The normalized spacial score (nSPS) is 10.5. The lowest BCUT2D eigenvalue weighted by molar-refractivity contribution is -0.111. The smallest absolute Gasteiger partial charge is 0.248 e. The van der Waals surface area contributed by atoms with Crippen molar-refractivity contribution in [2.45, 2.75) is 6.92 Å². The molecule has 0 bridgehead atoms. The molecular weight excluding hydrogens is 278 g/mol. The number of hydrogen-bond acceptors (Lipinski definition) is 3. The average Bonchev–Trinajstić information content (AvgIpc) is 2.54. The van der Waals surface area contributed by atoms with Crippen LogP contribution in [0.2, 0.25) is 0 Å². The summed E-state index contributed by atoms with van der Waals surface area (Å²) in [4.78, 5) is 11.9. The van der Waals surface area contributed by atoms with Gasteiger partial charge in [0.25, 0.3) is 0 Å². The van der Waals surface area contributed by atoms with Gasteiger partial charge in [0.05, 0.1) is 14.2 Å². The number of nitrogens with one attached hydrogen (secondary N) is 1. The Bertz CT molecular complexity index is 653. The first-order valence-corrected chi connectivity index (χ1v) is 6.89. The van der Waals surface area contributed by atoms with Crippen molar-refractivity contribution in [1.82, 2.24) is 0 Å². The zero-order valence-electron chi connectivity index (χ0n) is 12.9. The number of methoxy groups -OCH3 is 2. The van der Waals surface area contributed by atoms with E-state index in [1.54, 1.807) is 26.4 Å². The second kappa shape index (κ2) is 7.31. The summed E-state index contributed by atoms with van der Waals surface area (Å²) in [7, 11) is 3.18. The molecule has 0 aliphatic heterocycles. The van der Waals surface area contributed by atoms with Crippen LogP contribution < -0.4 is 14.8 Å². The molecule has 1 N–H and O–H groups in total. The van der Waals surface area contributed by atoms with Crippen molar-refractivity contribution in [3.05, 3.63) is 59.7 Å². The second-order valence-electron chi connectivity index (χ2n) is 4.83. The van der Waals surface area contributed by atoms with Gasteiger partial charge in [-0.25, -0.2) is 0 Å². The molecular formula is C18H19NO3. The lowest BCUT2D eigenvalue weighted by Crippen LogP contribution is -2.07. The van der Waals surface area contributed by atoms with E-state index in [0.717, 1.165) is 16.8 Å². The molecule has 0 spiro atoms. The third kappa shape index (κ3) is 4.38. The van der Waals surface area contributed by atoms with E-state index in [1.807, 2.05) is 43.3 Å². The maximum atomic E-state index is 11.9. The molecule has 0 heterocycles. The SMILES string of the molecule is COc1cc(/C=C/C(=O)Nc2ccc(C)cc2)cc(OC)c1. The van der Waals surface area contributed by atoms with Gasteiger partial charge in [0.2, 0.25) is 5.91 Å². The maximum Gasteiger partial charge on any atom is 0.248 e. The van der Waals surface area contributed by atoms with Gasteiger partial charge in [0, 0.05) is 17.8 Å². The molecule has 2 aromatic carbocycles. The molecule has 4 nitrogen and oxygen atoms in total. The lowest BCUT2D eigenvalue weighted by atomic mass is 10.2. The first kappa shape index (κ1) is 15.6. The molecule has 0 saturated heterocycles. The summed E-state index contributed by atoms with van der Waals surface area (Å²) >= 11 is 0. The highest BCUT2D eigenvalue weighted by Gasteiger charge is 2.01. The Balaban J connectivity index is 2.07. The predicted octanol–water partition coefficient (Wildman–Crippen LogP) is 3.66. The quantitative estimate of drug-likeness (QED) is 0.857. The fourth-order valence-corrected chi connectivity index (χ4v) is 1.92. The number of ether oxygens (including phenoxy) is 2. The molecule has 0 aliphatic carbocycles. The summed E-state index contributed by atoms with van der Waals surface area (Å²) in [6.45, 7) is 2.00. The Hall–Kier alpha value is -2.75. The molecule has 2 aromatic rings. The third-order valence-corrected chi connectivity index (χ3v) is 3.12. The number of carbonyl (C=O) groups excluding carboxylic acids is 1. The summed E-state index contributed by atoms with van der Waals surface area (Å²) < 4.78 is 10.4. The van der Waals surface area contributed by atoms with Crippen LogP contribution in [0.4, 0.5) is 5.69 Å². The van der Waals surface area contributed by atoms with Crippen molar-refractivity contribution in [3.63, 3.8) is 0 Å². The molecule has 1 amide bonds. The molecule has 0 saturated carbocycles. The van der Waals surface area contributed by atoms with Crippen molar-refractivity contribution in [2.24, 2.45) is 0 Å². The number of aryl methyl sites for hydroxylation is 1. The molecule has 0 atom stereocenters. The minimum absolute atomic E-state index is 0.189. The molecule has 22 heavy (non-hydrogen) atoms. The van der Waals surface area contributed by atoms with Crippen molar-refractivity contribution >= 4 is 17.7 Å². The first-order valence-electron chi connectivity index (χ1n) is 6.89. The van der Waals surface area contributed by atoms with E-state index in [0.29, 0.717) is 11.5 Å². The molecule has 0 fully saturated rings. The highest BCUT2D eigenvalue weighted by molar-refractivity contribution is 6.01. The van der Waals surface area contributed by atoms with Crippen LogP contribution >= 0.6 is 0 Å². The van der Waals surface area contributed by atoms with Gasteiger partial charge in [-0.2, -0.15) is 0 Å². The van der Waals surface area contributed by atoms with Gasteiger partial charge in [0.15, 0.2) is 0 Å². The minimum atomic E-state index is -0.189. The summed E-state index contributed by atoms with van der Waals surface area (Å²) in [6.07, 6.45) is 3.20. The lowest BCUT2D eigenvalue weighted by Gasteiger charge is -2.06. The van der Waals surface area contributed by atoms with Crippen LogP contribution in [0, 0.1) is 6.92 Å². The fourth-order valence-electron chi connectivity index (χ4n) is 1.92. The van der Waals surface area contributed by atoms with E-state index in [4.69, 9.17) is 9.47 Å². The minimum Gasteiger partial charge on any atom is -0.497 e. The van der Waals surface area contributed by atoms with Crippen molar-refractivity contribution in [1.29, 1.82) is 0 Å². The third-order valence-electron chi connectivity index (χ3n) is 3.12.